The van der Waals surface area contributed by atoms with Crippen LogP contribution < -0.4 is 21.4 Å². The number of nitrogens with zero attached hydrogens (tertiary/aromatic N) is 1. The highest BCUT2D eigenvalue weighted by molar-refractivity contribution is 5.84. The predicted octanol–water partition coefficient (Wildman–Crippen LogP) is 0.202. The predicted molar refractivity (Wildman–Crippen MR) is 56.4 cm³/mol. The van der Waals surface area contributed by atoms with Crippen LogP contribution >= 0.6 is 0 Å². The number of methoxy groups -OCH3 is 1. The fourth-order valence-corrected chi connectivity index (χ4v) is 0.966. The number of carbonyl (C=O) groups is 1. The monoisotopic (exact) mass is 208 g/mol. The molecule has 0 aliphatic heterocycles. The Bertz CT molecular complexity index is 365. The lowest BCUT2D eigenvalue weighted by Crippen LogP contribution is -2.37. The van der Waals surface area contributed by atoms with Crippen LogP contribution in [-0.4, -0.2) is 19.4 Å². The zero-order valence-corrected chi connectivity index (χ0v) is 8.23. The third-order valence-corrected chi connectivity index (χ3v) is 1.64. The van der Waals surface area contributed by atoms with Crippen molar-refractivity contribution < 1.29 is 9.53 Å². The Balaban J connectivity index is 2.67. The molecular formula is C9H12N4O2. The number of benzene rings is 1. The summed E-state index contributed by atoms with van der Waals surface area (Å²) in [5.74, 6) is 5.52. The molecule has 0 atom stereocenters. The highest BCUT2D eigenvalue weighted by Crippen LogP contribution is 2.14. The molecule has 0 saturated heterocycles. The van der Waals surface area contributed by atoms with Gasteiger partial charge in [-0.15, -0.1) is 0 Å². The molecule has 1 aromatic rings. The number of nitrogens with one attached hydrogen (secondary N) is 2. The molecule has 0 aliphatic rings. The quantitative estimate of drug-likeness (QED) is 0.287. The largest absolute Gasteiger partial charge is 0.496 e. The third-order valence-electron chi connectivity index (χ3n) is 1.64. The van der Waals surface area contributed by atoms with E-state index in [9.17, 15) is 4.79 Å². The number of nitrogens with two attached hydrogens (primary N) is 1. The fourth-order valence-electron chi connectivity index (χ4n) is 0.966. The molecule has 6 heteroatoms. The second-order valence-electron chi connectivity index (χ2n) is 2.59. The van der Waals surface area contributed by atoms with Gasteiger partial charge in [0.2, 0.25) is 0 Å². The second kappa shape index (κ2) is 5.61. The minimum absolute atomic E-state index is 0.582. The van der Waals surface area contributed by atoms with Crippen molar-refractivity contribution in [2.45, 2.75) is 0 Å². The van der Waals surface area contributed by atoms with Gasteiger partial charge < -0.3 is 4.74 Å². The van der Waals surface area contributed by atoms with Gasteiger partial charge in [-0.2, -0.15) is 5.10 Å². The first-order valence-electron chi connectivity index (χ1n) is 4.20. The molecule has 0 fully saturated rings. The highest BCUT2D eigenvalue weighted by atomic mass is 16.5. The van der Waals surface area contributed by atoms with Gasteiger partial charge in [0.25, 0.3) is 0 Å². The lowest BCUT2D eigenvalue weighted by Gasteiger charge is -2.02. The number of ether oxygens (including phenoxy) is 1. The first-order valence-corrected chi connectivity index (χ1v) is 4.20. The second-order valence-corrected chi connectivity index (χ2v) is 2.59. The standard InChI is InChI=1S/C9H12N4O2/c1-15-8-5-3-2-4-7(8)6-11-13-9(14)12-10/h2-6H,10H2,1H3,(H2,12,13,14). The summed E-state index contributed by atoms with van der Waals surface area (Å²) in [6.07, 6.45) is 1.47. The van der Waals surface area contributed by atoms with Crippen molar-refractivity contribution in [3.63, 3.8) is 0 Å². The van der Waals surface area contributed by atoms with E-state index in [1.165, 1.54) is 6.21 Å². The first-order chi connectivity index (χ1) is 7.27. The van der Waals surface area contributed by atoms with Crippen molar-refractivity contribution in [2.75, 3.05) is 7.11 Å². The van der Waals surface area contributed by atoms with E-state index < -0.39 is 6.03 Å². The summed E-state index contributed by atoms with van der Waals surface area (Å²) in [5.41, 5.74) is 4.82. The molecular weight excluding hydrogens is 196 g/mol. The third kappa shape index (κ3) is 3.28. The SMILES string of the molecule is COc1ccccc1C=NNC(=O)NN. The number of rotatable bonds is 3. The van der Waals surface area contributed by atoms with E-state index in [4.69, 9.17) is 10.6 Å². The molecule has 0 unspecified atom stereocenters. The molecule has 80 valence electrons. The van der Waals surface area contributed by atoms with E-state index in [0.717, 1.165) is 5.56 Å². The maximum absolute atomic E-state index is 10.7. The number of carbonyl (C=O) groups excluding carboxylic acids is 1. The van der Waals surface area contributed by atoms with E-state index in [1.54, 1.807) is 13.2 Å². The molecule has 0 spiro atoms. The molecule has 0 heterocycles. The van der Waals surface area contributed by atoms with Gasteiger partial charge in [0, 0.05) is 5.56 Å². The van der Waals surface area contributed by atoms with Crippen LogP contribution in [0.1, 0.15) is 5.56 Å². The molecule has 15 heavy (non-hydrogen) atoms. The maximum Gasteiger partial charge on any atom is 0.349 e. The summed E-state index contributed by atoms with van der Waals surface area (Å²) < 4.78 is 5.08. The number of hydrogen-bond acceptors (Lipinski definition) is 4. The molecule has 1 rings (SSSR count). The van der Waals surface area contributed by atoms with Gasteiger partial charge in [0.05, 0.1) is 13.3 Å². The van der Waals surface area contributed by atoms with Crippen molar-refractivity contribution >= 4 is 12.2 Å². The van der Waals surface area contributed by atoms with Crippen LogP contribution in [-0.2, 0) is 0 Å². The van der Waals surface area contributed by atoms with Crippen LogP contribution in [0.4, 0.5) is 4.79 Å². The minimum atomic E-state index is -0.582. The summed E-state index contributed by atoms with van der Waals surface area (Å²) >= 11 is 0. The van der Waals surface area contributed by atoms with Crippen LogP contribution in [0.3, 0.4) is 0 Å². The Morgan fingerprint density at radius 3 is 2.93 bits per heavy atom. The summed E-state index contributed by atoms with van der Waals surface area (Å²) in [6, 6.07) is 6.71. The van der Waals surface area contributed by atoms with Crippen LogP contribution in [0, 0.1) is 0 Å². The Kier molecular flexibility index (Phi) is 4.11. The van der Waals surface area contributed by atoms with Crippen LogP contribution in [0.25, 0.3) is 0 Å². The Morgan fingerprint density at radius 2 is 2.27 bits per heavy atom. The summed E-state index contributed by atoms with van der Waals surface area (Å²) in [7, 11) is 1.56. The van der Waals surface area contributed by atoms with Gasteiger partial charge >= 0.3 is 6.03 Å². The van der Waals surface area contributed by atoms with E-state index in [-0.39, 0.29) is 0 Å². The molecule has 4 N–H and O–H groups in total. The average Bonchev–Trinajstić information content (AvgIpc) is 2.29. The van der Waals surface area contributed by atoms with Crippen LogP contribution in [0.15, 0.2) is 29.4 Å². The van der Waals surface area contributed by atoms with Gasteiger partial charge in [-0.3, -0.25) is 5.43 Å². The molecule has 0 aromatic heterocycles. The van der Waals surface area contributed by atoms with Crippen LogP contribution in [0.2, 0.25) is 0 Å². The van der Waals surface area contributed by atoms with Crippen molar-refractivity contribution in [1.82, 2.24) is 10.9 Å². The van der Waals surface area contributed by atoms with E-state index >= 15 is 0 Å². The maximum atomic E-state index is 10.7. The van der Waals surface area contributed by atoms with Gasteiger partial charge in [-0.05, 0) is 12.1 Å². The Labute approximate surface area is 87.1 Å². The molecule has 1 aromatic carbocycles. The smallest absolute Gasteiger partial charge is 0.349 e. The van der Waals surface area contributed by atoms with Crippen molar-refractivity contribution in [1.29, 1.82) is 0 Å². The number of amides is 2. The zero-order chi connectivity index (χ0) is 11.1. The van der Waals surface area contributed by atoms with E-state index in [2.05, 4.69) is 10.5 Å². The molecule has 0 radical (unpaired) electrons. The lowest BCUT2D eigenvalue weighted by atomic mass is 10.2. The number of urea groups is 1. The normalized spacial score (nSPS) is 10.0. The molecule has 0 aliphatic carbocycles. The summed E-state index contributed by atoms with van der Waals surface area (Å²) in [5, 5.41) is 3.67. The lowest BCUT2D eigenvalue weighted by molar-refractivity contribution is 0.241. The highest BCUT2D eigenvalue weighted by Gasteiger charge is 1.97. The molecule has 0 bridgehead atoms. The zero-order valence-electron chi connectivity index (χ0n) is 8.23. The number of hydrogen-bond donors (Lipinski definition) is 3. The van der Waals surface area contributed by atoms with Crippen molar-refractivity contribution in [3.8, 4) is 5.75 Å². The topological polar surface area (TPSA) is 88.7 Å². The molecule has 2 amide bonds. The molecule has 6 nitrogen and oxygen atoms in total. The van der Waals surface area contributed by atoms with Gasteiger partial charge in [0.1, 0.15) is 5.75 Å². The van der Waals surface area contributed by atoms with Gasteiger partial charge in [-0.25, -0.2) is 16.1 Å². The van der Waals surface area contributed by atoms with Crippen molar-refractivity contribution in [3.05, 3.63) is 29.8 Å². The minimum Gasteiger partial charge on any atom is -0.496 e. The van der Waals surface area contributed by atoms with Crippen LogP contribution in [0.5, 0.6) is 5.75 Å². The van der Waals surface area contributed by atoms with Crippen molar-refractivity contribution in [2.24, 2.45) is 10.9 Å². The van der Waals surface area contributed by atoms with E-state index in [1.807, 2.05) is 23.6 Å². The number of hydrazone groups is 1. The fraction of sp³-hybridized carbons (Fsp3) is 0.111. The van der Waals surface area contributed by atoms with Gasteiger partial charge in [0.15, 0.2) is 0 Å². The van der Waals surface area contributed by atoms with Gasteiger partial charge in [-0.1, -0.05) is 12.1 Å². The first kappa shape index (κ1) is 11.0. The number of hydrazine groups is 1. The average molecular weight is 208 g/mol. The Morgan fingerprint density at radius 1 is 1.53 bits per heavy atom. The summed E-state index contributed by atoms with van der Waals surface area (Å²) in [4.78, 5) is 10.7. The molecule has 0 saturated carbocycles. The Hall–Kier alpha value is -2.08. The van der Waals surface area contributed by atoms with E-state index in [0.29, 0.717) is 5.75 Å². The summed E-state index contributed by atoms with van der Waals surface area (Å²) in [6.45, 7) is 0. The number of para-hydroxylation sites is 1.